The molecule has 2 aromatic rings. The lowest BCUT2D eigenvalue weighted by Crippen LogP contribution is -2.33. The predicted molar refractivity (Wildman–Crippen MR) is 117 cm³/mol. The number of ether oxygens (including phenoxy) is 2. The molecule has 6 nitrogen and oxygen atoms in total. The molecular weight excluding hydrogens is 388 g/mol. The van der Waals surface area contributed by atoms with E-state index < -0.39 is 11.9 Å². The molecule has 0 saturated heterocycles. The number of rotatable bonds is 9. The minimum atomic E-state index is -0.585. The summed E-state index contributed by atoms with van der Waals surface area (Å²) in [7, 11) is 0. The summed E-state index contributed by atoms with van der Waals surface area (Å²) < 4.78 is 10.5. The molecule has 0 spiro atoms. The summed E-state index contributed by atoms with van der Waals surface area (Å²) in [6, 6.07) is 17.6. The van der Waals surface area contributed by atoms with Crippen LogP contribution in [0.15, 0.2) is 66.7 Å². The van der Waals surface area contributed by atoms with Crippen LogP contribution >= 0.6 is 12.2 Å². The van der Waals surface area contributed by atoms with Crippen LogP contribution in [0, 0.1) is 0 Å². The van der Waals surface area contributed by atoms with Crippen LogP contribution in [0.5, 0.6) is 5.75 Å². The number of aryl methyl sites for hydroxylation is 1. The number of hydrogen-bond acceptors (Lipinski definition) is 5. The van der Waals surface area contributed by atoms with E-state index in [9.17, 15) is 9.59 Å². The highest BCUT2D eigenvalue weighted by atomic mass is 32.1. The third-order valence-electron chi connectivity index (χ3n) is 3.71. The summed E-state index contributed by atoms with van der Waals surface area (Å²) in [5, 5.41) is 5.49. The van der Waals surface area contributed by atoms with E-state index in [-0.39, 0.29) is 11.7 Å². The Morgan fingerprint density at radius 2 is 1.86 bits per heavy atom. The zero-order valence-corrected chi connectivity index (χ0v) is 17.0. The van der Waals surface area contributed by atoms with Gasteiger partial charge in [0.2, 0.25) is 5.91 Å². The first kappa shape index (κ1) is 22.1. The molecule has 0 bridgehead atoms. The molecule has 0 aliphatic heterocycles. The van der Waals surface area contributed by atoms with Gasteiger partial charge in [0, 0.05) is 23.9 Å². The Kier molecular flexibility index (Phi) is 9.38. The lowest BCUT2D eigenvalue weighted by molar-refractivity contribution is -0.137. The summed E-state index contributed by atoms with van der Waals surface area (Å²) in [4.78, 5) is 23.0. The summed E-state index contributed by atoms with van der Waals surface area (Å²) in [5.41, 5.74) is 1.97. The quantitative estimate of drug-likeness (QED) is 0.283. The van der Waals surface area contributed by atoms with E-state index >= 15 is 0 Å². The molecule has 0 unspecified atom stereocenters. The zero-order valence-electron chi connectivity index (χ0n) is 16.2. The SMILES string of the molecule is CCOC(=O)/C=C/C(=O)NC(=S)Nc1cccc(OCCCc2ccccc2)c1. The van der Waals surface area contributed by atoms with Crippen LogP contribution in [-0.2, 0) is 20.7 Å². The van der Waals surface area contributed by atoms with Crippen LogP contribution in [0.1, 0.15) is 18.9 Å². The Morgan fingerprint density at radius 3 is 2.62 bits per heavy atom. The van der Waals surface area contributed by atoms with Crippen molar-refractivity contribution in [2.24, 2.45) is 0 Å². The molecule has 0 aliphatic carbocycles. The minimum absolute atomic E-state index is 0.115. The molecule has 0 radical (unpaired) electrons. The van der Waals surface area contributed by atoms with Gasteiger partial charge >= 0.3 is 5.97 Å². The Balaban J connectivity index is 1.76. The molecule has 2 aromatic carbocycles. The fourth-order valence-electron chi connectivity index (χ4n) is 2.42. The maximum Gasteiger partial charge on any atom is 0.330 e. The molecule has 7 heteroatoms. The zero-order chi connectivity index (χ0) is 20.9. The summed E-state index contributed by atoms with van der Waals surface area (Å²) >= 11 is 5.11. The highest BCUT2D eigenvalue weighted by molar-refractivity contribution is 7.80. The number of benzene rings is 2. The highest BCUT2D eigenvalue weighted by Gasteiger charge is 2.04. The van der Waals surface area contributed by atoms with Crippen LogP contribution in [0.3, 0.4) is 0 Å². The van der Waals surface area contributed by atoms with Gasteiger partial charge in [-0.2, -0.15) is 0 Å². The van der Waals surface area contributed by atoms with Crippen molar-refractivity contribution in [1.29, 1.82) is 0 Å². The van der Waals surface area contributed by atoms with Gasteiger partial charge in [-0.05, 0) is 49.7 Å². The number of hydrogen-bond donors (Lipinski definition) is 2. The predicted octanol–water partition coefficient (Wildman–Crippen LogP) is 3.63. The van der Waals surface area contributed by atoms with Crippen molar-refractivity contribution in [3.63, 3.8) is 0 Å². The van der Waals surface area contributed by atoms with Gasteiger partial charge in [-0.1, -0.05) is 36.4 Å². The van der Waals surface area contributed by atoms with Gasteiger partial charge in [0.05, 0.1) is 13.2 Å². The van der Waals surface area contributed by atoms with E-state index in [0.717, 1.165) is 25.0 Å². The van der Waals surface area contributed by atoms with E-state index in [1.54, 1.807) is 13.0 Å². The number of carbonyl (C=O) groups is 2. The van der Waals surface area contributed by atoms with Crippen molar-refractivity contribution in [2.75, 3.05) is 18.5 Å². The largest absolute Gasteiger partial charge is 0.494 e. The lowest BCUT2D eigenvalue weighted by atomic mass is 10.1. The summed E-state index contributed by atoms with van der Waals surface area (Å²) in [6.07, 6.45) is 3.97. The number of thiocarbonyl (C=S) groups is 1. The first-order chi connectivity index (χ1) is 14.1. The highest BCUT2D eigenvalue weighted by Crippen LogP contribution is 2.17. The molecule has 1 amide bonds. The maximum absolute atomic E-state index is 11.8. The summed E-state index contributed by atoms with van der Waals surface area (Å²) in [6.45, 7) is 2.53. The number of nitrogens with one attached hydrogen (secondary N) is 2. The van der Waals surface area contributed by atoms with Gasteiger partial charge in [-0.15, -0.1) is 0 Å². The second kappa shape index (κ2) is 12.3. The van der Waals surface area contributed by atoms with Crippen molar-refractivity contribution in [1.82, 2.24) is 5.32 Å². The molecule has 0 fully saturated rings. The van der Waals surface area contributed by atoms with E-state index in [1.165, 1.54) is 5.56 Å². The first-order valence-electron chi connectivity index (χ1n) is 9.30. The number of esters is 1. The Hall–Kier alpha value is -3.19. The molecule has 0 aromatic heterocycles. The molecular formula is C22H24N2O4S. The Morgan fingerprint density at radius 1 is 1.07 bits per heavy atom. The van der Waals surface area contributed by atoms with Gasteiger partial charge < -0.3 is 14.8 Å². The van der Waals surface area contributed by atoms with E-state index in [1.807, 2.05) is 36.4 Å². The summed E-state index contributed by atoms with van der Waals surface area (Å²) in [5.74, 6) is -0.401. The minimum Gasteiger partial charge on any atom is -0.494 e. The molecule has 0 aliphatic rings. The molecule has 0 atom stereocenters. The molecule has 2 rings (SSSR count). The van der Waals surface area contributed by atoms with Gasteiger partial charge in [-0.3, -0.25) is 10.1 Å². The number of amides is 1. The van der Waals surface area contributed by atoms with E-state index in [4.69, 9.17) is 21.7 Å². The van der Waals surface area contributed by atoms with Gasteiger partial charge in [0.25, 0.3) is 0 Å². The smallest absolute Gasteiger partial charge is 0.330 e. The van der Waals surface area contributed by atoms with Crippen molar-refractivity contribution in [3.05, 3.63) is 72.3 Å². The second-order valence-corrected chi connectivity index (χ2v) is 6.40. The maximum atomic E-state index is 11.8. The normalized spacial score (nSPS) is 10.4. The van der Waals surface area contributed by atoms with Gasteiger partial charge in [-0.25, -0.2) is 4.79 Å². The van der Waals surface area contributed by atoms with Gasteiger partial charge in [0.15, 0.2) is 5.11 Å². The average Bonchev–Trinajstić information content (AvgIpc) is 2.71. The van der Waals surface area contributed by atoms with Crippen LogP contribution < -0.4 is 15.4 Å². The third-order valence-corrected chi connectivity index (χ3v) is 3.91. The van der Waals surface area contributed by atoms with Crippen molar-refractivity contribution in [2.45, 2.75) is 19.8 Å². The van der Waals surface area contributed by atoms with Crippen molar-refractivity contribution < 1.29 is 19.1 Å². The van der Waals surface area contributed by atoms with Gasteiger partial charge in [0.1, 0.15) is 5.75 Å². The molecule has 0 heterocycles. The molecule has 0 saturated carbocycles. The monoisotopic (exact) mass is 412 g/mol. The molecule has 29 heavy (non-hydrogen) atoms. The standard InChI is InChI=1S/C22H24N2O4S/c1-2-27-21(26)14-13-20(25)24-22(29)23-18-11-6-12-19(16-18)28-15-7-10-17-8-4-3-5-9-17/h3-6,8-9,11-14,16H,2,7,10,15H2,1H3,(H2,23,24,25,29)/b14-13+. The topological polar surface area (TPSA) is 76.7 Å². The van der Waals surface area contributed by atoms with Crippen molar-refractivity contribution >= 4 is 34.9 Å². The molecule has 2 N–H and O–H groups in total. The fraction of sp³-hybridized carbons (Fsp3) is 0.227. The fourth-order valence-corrected chi connectivity index (χ4v) is 2.64. The third kappa shape index (κ3) is 9.03. The van der Waals surface area contributed by atoms with Crippen LogP contribution in [-0.4, -0.2) is 30.2 Å². The van der Waals surface area contributed by atoms with Crippen LogP contribution in [0.2, 0.25) is 0 Å². The lowest BCUT2D eigenvalue weighted by Gasteiger charge is -2.11. The first-order valence-corrected chi connectivity index (χ1v) is 9.71. The second-order valence-electron chi connectivity index (χ2n) is 5.99. The van der Waals surface area contributed by atoms with E-state index in [0.29, 0.717) is 18.0 Å². The van der Waals surface area contributed by atoms with Crippen LogP contribution in [0.4, 0.5) is 5.69 Å². The average molecular weight is 413 g/mol. The Bertz CT molecular complexity index is 853. The number of carbonyl (C=O) groups excluding carboxylic acids is 2. The Labute approximate surface area is 175 Å². The van der Waals surface area contributed by atoms with Crippen molar-refractivity contribution in [3.8, 4) is 5.75 Å². The van der Waals surface area contributed by atoms with Crippen LogP contribution in [0.25, 0.3) is 0 Å². The molecule has 152 valence electrons. The van der Waals surface area contributed by atoms with E-state index in [2.05, 4.69) is 22.8 Å². The number of anilines is 1.